The summed E-state index contributed by atoms with van der Waals surface area (Å²) in [5, 5.41) is 2.45. The molecule has 0 unspecified atom stereocenters. The van der Waals surface area contributed by atoms with Gasteiger partial charge in [0.1, 0.15) is 6.29 Å². The van der Waals surface area contributed by atoms with Crippen LogP contribution in [-0.2, 0) is 22.0 Å². The van der Waals surface area contributed by atoms with Gasteiger partial charge in [-0.25, -0.2) is 0 Å². The number of carbonyl (C=O) groups is 1. The van der Waals surface area contributed by atoms with E-state index in [1.165, 1.54) is 34.7 Å². The van der Waals surface area contributed by atoms with E-state index in [4.69, 9.17) is 0 Å². The van der Waals surface area contributed by atoms with Crippen molar-refractivity contribution in [2.24, 2.45) is 0 Å². The number of hydrogen-bond donors (Lipinski definition) is 0. The molecule has 0 radical (unpaired) electrons. The van der Waals surface area contributed by atoms with Crippen LogP contribution in [0.1, 0.15) is 57.2 Å². The monoisotopic (exact) mass is 358 g/mol. The Kier molecular flexibility index (Phi) is 3.71. The van der Waals surface area contributed by atoms with Gasteiger partial charge in [0, 0.05) is 10.9 Å². The molecule has 3 rings (SSSR count). The lowest BCUT2D eigenvalue weighted by atomic mass is 9.62. The molecule has 0 amide bonds. The largest absolute Gasteiger partial charge is 0.303 e. The molecular formula is C20H23BrO. The minimum Gasteiger partial charge on any atom is -0.303 e. The first-order valence-electron chi connectivity index (χ1n) is 7.95. The summed E-state index contributed by atoms with van der Waals surface area (Å²) in [5.74, 6) is 0. The van der Waals surface area contributed by atoms with Crippen LogP contribution in [0, 0.1) is 0 Å². The molecule has 2 aromatic rings. The Hall–Kier alpha value is -1.15. The number of halogens is 1. The number of hydrogen-bond acceptors (Lipinski definition) is 1. The minimum absolute atomic E-state index is 0.199. The molecule has 0 heterocycles. The summed E-state index contributed by atoms with van der Waals surface area (Å²) in [6.45, 7) is 9.37. The summed E-state index contributed by atoms with van der Waals surface area (Å²) in [7, 11) is 0. The van der Waals surface area contributed by atoms with Gasteiger partial charge < -0.3 is 4.79 Å². The summed E-state index contributed by atoms with van der Waals surface area (Å²) >= 11 is 3.58. The molecule has 0 atom stereocenters. The highest BCUT2D eigenvalue weighted by molar-refractivity contribution is 9.10. The van der Waals surface area contributed by atoms with Gasteiger partial charge in [0.25, 0.3) is 0 Å². The van der Waals surface area contributed by atoms with Crippen LogP contribution in [0.5, 0.6) is 0 Å². The summed E-state index contributed by atoms with van der Waals surface area (Å²) in [6, 6.07) is 8.94. The first kappa shape index (κ1) is 15.7. The number of aldehydes is 1. The SMILES string of the molecule is CC1(C)CCC(C)(C)c2cc3c(CC=O)cc(Br)cc3cc21. The maximum atomic E-state index is 11.0. The molecule has 116 valence electrons. The molecule has 0 fully saturated rings. The van der Waals surface area contributed by atoms with Crippen molar-refractivity contribution in [2.75, 3.05) is 0 Å². The van der Waals surface area contributed by atoms with Gasteiger partial charge in [0.2, 0.25) is 0 Å². The first-order valence-corrected chi connectivity index (χ1v) is 8.75. The average Bonchev–Trinajstić information content (AvgIpc) is 2.43. The van der Waals surface area contributed by atoms with Crippen molar-refractivity contribution in [3.8, 4) is 0 Å². The molecule has 0 bridgehead atoms. The van der Waals surface area contributed by atoms with Gasteiger partial charge in [-0.05, 0) is 63.3 Å². The van der Waals surface area contributed by atoms with E-state index in [-0.39, 0.29) is 10.8 Å². The van der Waals surface area contributed by atoms with Crippen LogP contribution in [0.2, 0.25) is 0 Å². The molecule has 2 aromatic carbocycles. The van der Waals surface area contributed by atoms with E-state index >= 15 is 0 Å². The van der Waals surface area contributed by atoms with Crippen molar-refractivity contribution >= 4 is 33.0 Å². The van der Waals surface area contributed by atoms with Gasteiger partial charge in [-0.3, -0.25) is 0 Å². The second-order valence-electron chi connectivity index (χ2n) is 7.82. The first-order chi connectivity index (χ1) is 10.2. The topological polar surface area (TPSA) is 17.1 Å². The maximum Gasteiger partial charge on any atom is 0.124 e. The van der Waals surface area contributed by atoms with Crippen molar-refractivity contribution in [3.05, 3.63) is 45.4 Å². The zero-order valence-electron chi connectivity index (χ0n) is 13.8. The minimum atomic E-state index is 0.199. The summed E-state index contributed by atoms with van der Waals surface area (Å²) < 4.78 is 1.05. The van der Waals surface area contributed by atoms with Crippen LogP contribution < -0.4 is 0 Å². The predicted octanol–water partition coefficient (Wildman–Crippen LogP) is 5.69. The van der Waals surface area contributed by atoms with Crippen molar-refractivity contribution in [2.45, 2.75) is 57.8 Å². The van der Waals surface area contributed by atoms with Crippen molar-refractivity contribution in [1.29, 1.82) is 0 Å². The predicted molar refractivity (Wildman–Crippen MR) is 96.7 cm³/mol. The summed E-state index contributed by atoms with van der Waals surface area (Å²) in [5.41, 5.74) is 4.44. The molecule has 1 nitrogen and oxygen atoms in total. The van der Waals surface area contributed by atoms with E-state index in [0.29, 0.717) is 6.42 Å². The molecule has 0 spiro atoms. The number of rotatable bonds is 2. The third-order valence-corrected chi connectivity index (χ3v) is 5.74. The summed E-state index contributed by atoms with van der Waals surface area (Å²) in [6.07, 6.45) is 3.89. The van der Waals surface area contributed by atoms with Crippen LogP contribution in [-0.4, -0.2) is 6.29 Å². The third kappa shape index (κ3) is 2.52. The Balaban J connectivity index is 2.36. The average molecular weight is 359 g/mol. The second kappa shape index (κ2) is 5.19. The Morgan fingerprint density at radius 2 is 1.59 bits per heavy atom. The fraction of sp³-hybridized carbons (Fsp3) is 0.450. The highest BCUT2D eigenvalue weighted by Gasteiger charge is 2.37. The Morgan fingerprint density at radius 3 is 2.18 bits per heavy atom. The zero-order chi connectivity index (χ0) is 16.1. The van der Waals surface area contributed by atoms with Crippen LogP contribution in [0.15, 0.2) is 28.7 Å². The Morgan fingerprint density at radius 1 is 1.00 bits per heavy atom. The number of benzene rings is 2. The molecule has 1 aliphatic carbocycles. The van der Waals surface area contributed by atoms with E-state index in [9.17, 15) is 4.79 Å². The van der Waals surface area contributed by atoms with Crippen molar-refractivity contribution in [3.63, 3.8) is 0 Å². The lowest BCUT2D eigenvalue weighted by Crippen LogP contribution is -2.33. The zero-order valence-corrected chi connectivity index (χ0v) is 15.4. The molecular weight excluding hydrogens is 336 g/mol. The second-order valence-corrected chi connectivity index (χ2v) is 8.74. The van der Waals surface area contributed by atoms with Crippen LogP contribution >= 0.6 is 15.9 Å². The molecule has 22 heavy (non-hydrogen) atoms. The van der Waals surface area contributed by atoms with Crippen molar-refractivity contribution < 1.29 is 4.79 Å². The van der Waals surface area contributed by atoms with Gasteiger partial charge in [-0.2, -0.15) is 0 Å². The van der Waals surface area contributed by atoms with E-state index in [2.05, 4.69) is 67.9 Å². The Labute approximate surface area is 141 Å². The van der Waals surface area contributed by atoms with Gasteiger partial charge in [0.15, 0.2) is 0 Å². The quantitative estimate of drug-likeness (QED) is 0.629. The molecule has 1 aliphatic rings. The van der Waals surface area contributed by atoms with Crippen LogP contribution in [0.4, 0.5) is 0 Å². The van der Waals surface area contributed by atoms with Crippen molar-refractivity contribution in [1.82, 2.24) is 0 Å². The van der Waals surface area contributed by atoms with Gasteiger partial charge in [-0.15, -0.1) is 0 Å². The van der Waals surface area contributed by atoms with E-state index in [0.717, 1.165) is 16.3 Å². The summed E-state index contributed by atoms with van der Waals surface area (Å²) in [4.78, 5) is 11.0. The molecule has 0 N–H and O–H groups in total. The normalized spacial score (nSPS) is 19.0. The molecule has 0 aliphatic heterocycles. The van der Waals surface area contributed by atoms with Crippen LogP contribution in [0.25, 0.3) is 10.8 Å². The molecule has 0 saturated carbocycles. The highest BCUT2D eigenvalue weighted by atomic mass is 79.9. The smallest absolute Gasteiger partial charge is 0.124 e. The van der Waals surface area contributed by atoms with Gasteiger partial charge in [-0.1, -0.05) is 55.8 Å². The molecule has 0 saturated heterocycles. The van der Waals surface area contributed by atoms with Crippen LogP contribution in [0.3, 0.4) is 0 Å². The lowest BCUT2D eigenvalue weighted by molar-refractivity contribution is -0.107. The third-order valence-electron chi connectivity index (χ3n) is 5.28. The standard InChI is InChI=1S/C20H23BrO/c1-19(2)6-7-20(3,4)18-12-16-13(5-8-22)9-15(21)10-14(16)11-17(18)19/h8-12H,5-7H2,1-4H3. The fourth-order valence-electron chi connectivity index (χ4n) is 3.72. The molecule has 2 heteroatoms. The lowest BCUT2D eigenvalue weighted by Gasteiger charge is -2.42. The van der Waals surface area contributed by atoms with Gasteiger partial charge >= 0.3 is 0 Å². The number of carbonyl (C=O) groups excluding carboxylic acids is 1. The Bertz CT molecular complexity index is 756. The fourth-order valence-corrected chi connectivity index (χ4v) is 4.24. The highest BCUT2D eigenvalue weighted by Crippen LogP contribution is 2.47. The van der Waals surface area contributed by atoms with E-state index in [1.54, 1.807) is 0 Å². The van der Waals surface area contributed by atoms with E-state index in [1.807, 2.05) is 0 Å². The maximum absolute atomic E-state index is 11.0. The molecule has 0 aromatic heterocycles. The number of fused-ring (bicyclic) bond motifs is 2. The van der Waals surface area contributed by atoms with E-state index < -0.39 is 0 Å². The van der Waals surface area contributed by atoms with Gasteiger partial charge in [0.05, 0.1) is 0 Å².